The molecule has 10 heteroatoms. The van der Waals surface area contributed by atoms with Crippen molar-refractivity contribution in [1.82, 2.24) is 9.88 Å². The summed E-state index contributed by atoms with van der Waals surface area (Å²) in [5, 5.41) is 3.79. The van der Waals surface area contributed by atoms with Gasteiger partial charge in [-0.05, 0) is 36.3 Å². The Morgan fingerprint density at radius 3 is 2.59 bits per heavy atom. The molecule has 2 aromatic carbocycles. The monoisotopic (exact) mass is 574 g/mol. The van der Waals surface area contributed by atoms with Gasteiger partial charge in [-0.15, -0.1) is 0 Å². The van der Waals surface area contributed by atoms with Crippen LogP contribution in [0, 0.1) is 5.92 Å². The Morgan fingerprint density at radius 1 is 1.05 bits per heavy atom. The van der Waals surface area contributed by atoms with Crippen molar-refractivity contribution < 1.29 is 28.6 Å². The maximum absolute atomic E-state index is 14.6. The van der Waals surface area contributed by atoms with Gasteiger partial charge in [-0.1, -0.05) is 36.7 Å². The summed E-state index contributed by atoms with van der Waals surface area (Å²) in [5.74, 6) is -2.48. The van der Waals surface area contributed by atoms with Gasteiger partial charge in [0.15, 0.2) is 5.75 Å². The molecule has 3 atom stereocenters. The van der Waals surface area contributed by atoms with Gasteiger partial charge in [0.1, 0.15) is 22.1 Å². The number of halogens is 1. The van der Waals surface area contributed by atoms with E-state index in [9.17, 15) is 19.2 Å². The summed E-state index contributed by atoms with van der Waals surface area (Å²) in [7, 11) is 2.84. The van der Waals surface area contributed by atoms with E-state index in [1.165, 1.54) is 20.3 Å². The maximum atomic E-state index is 14.6. The third kappa shape index (κ3) is 3.35. The molecule has 41 heavy (non-hydrogen) atoms. The number of fused-ring (bicyclic) bond motifs is 1. The fraction of sp³-hybridized carbons (Fsp3) is 0.355. The lowest BCUT2D eigenvalue weighted by Gasteiger charge is -2.41. The molecule has 0 saturated heterocycles. The largest absolute Gasteiger partial charge is 0.496 e. The number of allylic oxidation sites excluding steroid dienone is 1. The van der Waals surface area contributed by atoms with Gasteiger partial charge in [-0.2, -0.15) is 0 Å². The van der Waals surface area contributed by atoms with E-state index in [1.807, 2.05) is 18.2 Å². The fourth-order valence-corrected chi connectivity index (χ4v) is 7.36. The molecular weight excluding hydrogens is 548 g/mol. The van der Waals surface area contributed by atoms with Crippen LogP contribution >= 0.6 is 11.6 Å². The molecule has 1 amide bonds. The standard InChI is InChI=1S/C31H27ClN2O7/c1-14-10-19-23(28(36)31(14)29(37)24-20(39-2)13-21(40-3)25(32)27(24)41-31)17(12-22(35)33-19)18-11-16-7-4-6-15-8-5-9-34(26(15)16)30(18)38/h4,6-7,11,13-14,17H,5,8-10,12H2,1-3H3,(H,33,35)/t14-,17?,31+/m1/s1. The minimum atomic E-state index is -1.93. The quantitative estimate of drug-likeness (QED) is 0.469. The SMILES string of the molecule is COc1cc(OC)c2c(c1Cl)O[C@@]1(C(=O)C3=C(C[C@H]1C)NC(=O)CC3c1cc3cccc4c3n(c1=O)CCC4)C2=O. The Balaban J connectivity index is 1.41. The highest BCUT2D eigenvalue weighted by Crippen LogP contribution is 2.55. The molecule has 9 nitrogen and oxygen atoms in total. The van der Waals surface area contributed by atoms with Gasteiger partial charge in [0.25, 0.3) is 5.56 Å². The van der Waals surface area contributed by atoms with Crippen molar-refractivity contribution in [2.24, 2.45) is 5.92 Å². The van der Waals surface area contributed by atoms with Gasteiger partial charge >= 0.3 is 0 Å². The summed E-state index contributed by atoms with van der Waals surface area (Å²) in [6, 6.07) is 9.21. The summed E-state index contributed by atoms with van der Waals surface area (Å²) in [6.45, 7) is 2.28. The highest BCUT2D eigenvalue weighted by atomic mass is 35.5. The number of pyridine rings is 1. The van der Waals surface area contributed by atoms with Crippen LogP contribution in [0.25, 0.3) is 10.9 Å². The van der Waals surface area contributed by atoms with E-state index in [1.54, 1.807) is 17.6 Å². The summed E-state index contributed by atoms with van der Waals surface area (Å²) in [4.78, 5) is 55.7. The minimum Gasteiger partial charge on any atom is -0.496 e. The molecule has 210 valence electrons. The number of aryl methyl sites for hydroxylation is 2. The predicted molar refractivity (Wildman–Crippen MR) is 150 cm³/mol. The summed E-state index contributed by atoms with van der Waals surface area (Å²) < 4.78 is 18.9. The number of ketones is 2. The number of carbonyl (C=O) groups is 3. The number of carbonyl (C=O) groups excluding carboxylic acids is 3. The minimum absolute atomic E-state index is 0.0243. The number of para-hydroxylation sites is 1. The number of rotatable bonds is 3. The highest BCUT2D eigenvalue weighted by Gasteiger charge is 2.63. The normalized spacial score (nSPS) is 24.7. The van der Waals surface area contributed by atoms with Crippen molar-refractivity contribution in [3.8, 4) is 17.2 Å². The Kier molecular flexibility index (Phi) is 5.64. The van der Waals surface area contributed by atoms with Crippen LogP contribution in [-0.2, 0) is 22.6 Å². The fourth-order valence-electron chi connectivity index (χ4n) is 7.09. The predicted octanol–water partition coefficient (Wildman–Crippen LogP) is 4.10. The first-order valence-electron chi connectivity index (χ1n) is 13.6. The van der Waals surface area contributed by atoms with E-state index in [4.69, 9.17) is 25.8 Å². The molecule has 7 rings (SSSR count). The zero-order chi connectivity index (χ0) is 28.8. The van der Waals surface area contributed by atoms with Gasteiger partial charge in [0, 0.05) is 47.7 Å². The molecule has 4 aliphatic rings. The first kappa shape index (κ1) is 25.8. The van der Waals surface area contributed by atoms with E-state index in [-0.39, 0.29) is 57.7 Å². The van der Waals surface area contributed by atoms with Gasteiger partial charge in [0.2, 0.25) is 23.1 Å². The van der Waals surface area contributed by atoms with E-state index >= 15 is 0 Å². The first-order valence-corrected chi connectivity index (χ1v) is 14.0. The molecule has 1 spiro atoms. The van der Waals surface area contributed by atoms with Crippen molar-refractivity contribution in [3.63, 3.8) is 0 Å². The third-order valence-corrected chi connectivity index (χ3v) is 9.34. The summed E-state index contributed by atoms with van der Waals surface area (Å²) in [5.41, 5.74) is 0.907. The van der Waals surface area contributed by atoms with Crippen molar-refractivity contribution in [1.29, 1.82) is 0 Å². The Morgan fingerprint density at radius 2 is 1.83 bits per heavy atom. The van der Waals surface area contributed by atoms with Crippen LogP contribution in [0.5, 0.6) is 17.2 Å². The van der Waals surface area contributed by atoms with Crippen LogP contribution in [0.4, 0.5) is 0 Å². The molecule has 0 fully saturated rings. The smallest absolute Gasteiger partial charge is 0.254 e. The number of hydrogen-bond donors (Lipinski definition) is 1. The number of nitrogens with zero attached hydrogens (tertiary/aromatic N) is 1. The number of ether oxygens (including phenoxy) is 3. The number of methoxy groups -OCH3 is 2. The average Bonchev–Trinajstić information content (AvgIpc) is 3.28. The van der Waals surface area contributed by atoms with E-state index < -0.39 is 29.0 Å². The molecule has 0 bridgehead atoms. The molecule has 0 radical (unpaired) electrons. The van der Waals surface area contributed by atoms with Gasteiger partial charge in [-0.25, -0.2) is 0 Å². The zero-order valence-electron chi connectivity index (χ0n) is 22.8. The average molecular weight is 575 g/mol. The van der Waals surface area contributed by atoms with Gasteiger partial charge < -0.3 is 24.1 Å². The molecule has 3 aliphatic heterocycles. The zero-order valence-corrected chi connectivity index (χ0v) is 23.5. The van der Waals surface area contributed by atoms with E-state index in [0.717, 1.165) is 29.3 Å². The molecule has 1 N–H and O–H groups in total. The molecule has 3 aromatic rings. The lowest BCUT2D eigenvalue weighted by Crippen LogP contribution is -2.59. The Labute approximate surface area is 240 Å². The molecular formula is C31H27ClN2O7. The second-order valence-electron chi connectivity index (χ2n) is 11.1. The molecule has 1 aromatic heterocycles. The summed E-state index contributed by atoms with van der Waals surface area (Å²) >= 11 is 6.57. The van der Waals surface area contributed by atoms with Crippen LogP contribution in [-0.4, -0.2) is 41.9 Å². The Hall–Kier alpha value is -4.11. The molecule has 1 aliphatic carbocycles. The van der Waals surface area contributed by atoms with Crippen LogP contribution in [0.3, 0.4) is 0 Å². The van der Waals surface area contributed by atoms with Crippen molar-refractivity contribution in [2.45, 2.75) is 50.7 Å². The lowest BCUT2D eigenvalue weighted by molar-refractivity contribution is -0.131. The number of benzene rings is 2. The number of Topliss-reactive ketones (excluding diaryl/α,β-unsaturated/α-hetero) is 2. The molecule has 0 saturated carbocycles. The maximum Gasteiger partial charge on any atom is 0.254 e. The van der Waals surface area contributed by atoms with E-state index in [0.29, 0.717) is 17.8 Å². The summed E-state index contributed by atoms with van der Waals surface area (Å²) in [6.07, 6.45) is 1.79. The van der Waals surface area contributed by atoms with Crippen LogP contribution in [0.15, 0.2) is 46.4 Å². The Bertz CT molecular complexity index is 1820. The number of nitrogens with one attached hydrogen (secondary N) is 1. The number of hydrogen-bond acceptors (Lipinski definition) is 7. The van der Waals surface area contributed by atoms with Crippen molar-refractivity contribution in [2.75, 3.05) is 14.2 Å². The number of aromatic nitrogens is 1. The molecule has 1 unspecified atom stereocenters. The second-order valence-corrected chi connectivity index (χ2v) is 11.5. The number of amides is 1. The van der Waals surface area contributed by atoms with Crippen LogP contribution in [0.1, 0.15) is 53.6 Å². The molecule has 4 heterocycles. The van der Waals surface area contributed by atoms with Crippen LogP contribution < -0.4 is 25.1 Å². The topological polar surface area (TPSA) is 113 Å². The lowest BCUT2D eigenvalue weighted by atomic mass is 9.66. The van der Waals surface area contributed by atoms with Gasteiger partial charge in [0.05, 0.1) is 19.7 Å². The third-order valence-electron chi connectivity index (χ3n) is 8.99. The highest BCUT2D eigenvalue weighted by molar-refractivity contribution is 6.36. The van der Waals surface area contributed by atoms with E-state index in [2.05, 4.69) is 5.32 Å². The van der Waals surface area contributed by atoms with Gasteiger partial charge in [-0.3, -0.25) is 19.2 Å². The van der Waals surface area contributed by atoms with Crippen molar-refractivity contribution >= 4 is 40.0 Å². The second kappa shape index (κ2) is 8.94. The van der Waals surface area contributed by atoms with Crippen molar-refractivity contribution in [3.05, 3.63) is 73.7 Å². The van der Waals surface area contributed by atoms with Crippen LogP contribution in [0.2, 0.25) is 5.02 Å². The first-order chi connectivity index (χ1) is 19.7.